The molecule has 1 amide bonds. The first-order valence-electron chi connectivity index (χ1n) is 10.3. The number of likely N-dealkylation sites (N-methyl/N-ethyl adjacent to an activating group) is 1. The third-order valence-electron chi connectivity index (χ3n) is 5.99. The summed E-state index contributed by atoms with van der Waals surface area (Å²) in [5.74, 6) is -1.51. The lowest BCUT2D eigenvalue weighted by molar-refractivity contribution is -0.138. The molecule has 0 radical (unpaired) electrons. The van der Waals surface area contributed by atoms with Gasteiger partial charge in [0.1, 0.15) is 0 Å². The maximum Gasteiger partial charge on any atom is 0.416 e. The van der Waals surface area contributed by atoms with Gasteiger partial charge < -0.3 is 10.2 Å². The van der Waals surface area contributed by atoms with Gasteiger partial charge in [-0.2, -0.15) is 17.5 Å². The molecule has 172 valence electrons. The summed E-state index contributed by atoms with van der Waals surface area (Å²) in [6, 6.07) is 11.3. The van der Waals surface area contributed by atoms with Gasteiger partial charge in [0.2, 0.25) is 15.9 Å². The van der Waals surface area contributed by atoms with Crippen molar-refractivity contribution in [2.45, 2.75) is 23.4 Å². The lowest BCUT2D eigenvalue weighted by Gasteiger charge is -2.31. The monoisotopic (exact) mass is 467 g/mol. The van der Waals surface area contributed by atoms with Crippen LogP contribution in [-0.2, 0) is 21.0 Å². The van der Waals surface area contributed by atoms with Gasteiger partial charge in [0, 0.05) is 37.8 Å². The highest BCUT2D eigenvalue weighted by molar-refractivity contribution is 7.89. The second-order valence-electron chi connectivity index (χ2n) is 8.26. The van der Waals surface area contributed by atoms with Crippen molar-refractivity contribution >= 4 is 21.6 Å². The quantitative estimate of drug-likeness (QED) is 0.732. The average Bonchev–Trinajstić information content (AvgIpc) is 3.55. The number of carbonyl (C=O) groups is 1. The van der Waals surface area contributed by atoms with Gasteiger partial charge in [-0.25, -0.2) is 8.42 Å². The van der Waals surface area contributed by atoms with E-state index in [4.69, 9.17) is 0 Å². The van der Waals surface area contributed by atoms with E-state index in [0.29, 0.717) is 38.3 Å². The molecule has 0 spiro atoms. The highest BCUT2D eigenvalue weighted by Crippen LogP contribution is 2.51. The molecule has 2 aromatic rings. The largest absolute Gasteiger partial charge is 0.416 e. The number of nitrogens with one attached hydrogen (secondary N) is 1. The Kier molecular flexibility index (Phi) is 6.04. The summed E-state index contributed by atoms with van der Waals surface area (Å²) in [4.78, 5) is 14.8. The van der Waals surface area contributed by atoms with Gasteiger partial charge in [-0.3, -0.25) is 4.79 Å². The zero-order valence-corrected chi connectivity index (χ0v) is 18.3. The Bertz CT molecular complexity index is 1110. The Balaban J connectivity index is 1.46. The number of rotatable bonds is 5. The molecule has 1 heterocycles. The number of benzene rings is 2. The summed E-state index contributed by atoms with van der Waals surface area (Å²) >= 11 is 0. The molecule has 1 saturated heterocycles. The molecule has 1 aliphatic carbocycles. The van der Waals surface area contributed by atoms with Crippen LogP contribution in [0.25, 0.3) is 0 Å². The Morgan fingerprint density at radius 1 is 1.03 bits per heavy atom. The molecule has 10 heteroatoms. The van der Waals surface area contributed by atoms with Crippen molar-refractivity contribution in [3.05, 3.63) is 59.7 Å². The Hall–Kier alpha value is -2.43. The number of piperazine rings is 1. The molecule has 0 aromatic heterocycles. The fourth-order valence-electron chi connectivity index (χ4n) is 4.05. The molecule has 4 rings (SSSR count). The summed E-state index contributed by atoms with van der Waals surface area (Å²) in [6.07, 6.45) is -4.16. The minimum absolute atomic E-state index is 0.0783. The first kappa shape index (κ1) is 22.8. The van der Waals surface area contributed by atoms with Crippen LogP contribution in [-0.4, -0.2) is 56.8 Å². The smallest absolute Gasteiger partial charge is 0.326 e. The van der Waals surface area contributed by atoms with Gasteiger partial charge in [-0.1, -0.05) is 24.3 Å². The second-order valence-corrected chi connectivity index (χ2v) is 10.2. The van der Waals surface area contributed by atoms with E-state index in [1.54, 1.807) is 12.1 Å². The van der Waals surface area contributed by atoms with Gasteiger partial charge in [0.25, 0.3) is 0 Å². The molecule has 0 bridgehead atoms. The van der Waals surface area contributed by atoms with Gasteiger partial charge in [-0.05, 0) is 49.2 Å². The number of alkyl halides is 3. The van der Waals surface area contributed by atoms with Crippen molar-refractivity contribution in [2.75, 3.05) is 38.5 Å². The molecule has 2 aromatic carbocycles. The van der Waals surface area contributed by atoms with E-state index in [1.807, 2.05) is 11.9 Å². The first-order valence-corrected chi connectivity index (χ1v) is 11.8. The zero-order chi connectivity index (χ0) is 23.1. The molecule has 2 atom stereocenters. The van der Waals surface area contributed by atoms with Crippen molar-refractivity contribution in [1.29, 1.82) is 0 Å². The van der Waals surface area contributed by atoms with Crippen LogP contribution in [0.4, 0.5) is 18.9 Å². The average molecular weight is 468 g/mol. The van der Waals surface area contributed by atoms with Crippen LogP contribution in [0.2, 0.25) is 0 Å². The molecule has 2 aliphatic rings. The standard InChI is InChI=1S/C22H24F3N3O3S/c1-27-9-11-28(12-10-27)32(30,31)16-6-4-5-15(13-16)26-21(29)19-14-18(19)17-7-2-3-8-20(17)22(23,24)25/h2-8,13,18-19H,9-12,14H2,1H3,(H,26,29). The van der Waals surface area contributed by atoms with Crippen LogP contribution in [0.1, 0.15) is 23.5 Å². The fraction of sp³-hybridized carbons (Fsp3) is 0.409. The topological polar surface area (TPSA) is 69.7 Å². The Labute approximate surface area is 185 Å². The SMILES string of the molecule is CN1CCN(S(=O)(=O)c2cccc(NC(=O)C3CC3c3ccccc3C(F)(F)F)c2)CC1. The van der Waals surface area contributed by atoms with Crippen LogP contribution in [0.3, 0.4) is 0 Å². The maximum absolute atomic E-state index is 13.3. The van der Waals surface area contributed by atoms with Crippen LogP contribution in [0.15, 0.2) is 53.4 Å². The van der Waals surface area contributed by atoms with Crippen molar-refractivity contribution < 1.29 is 26.4 Å². The molecule has 32 heavy (non-hydrogen) atoms. The molecular weight excluding hydrogens is 443 g/mol. The van der Waals surface area contributed by atoms with E-state index < -0.39 is 39.5 Å². The van der Waals surface area contributed by atoms with Crippen LogP contribution in [0, 0.1) is 5.92 Å². The molecule has 6 nitrogen and oxygen atoms in total. The molecule has 2 unspecified atom stereocenters. The van der Waals surface area contributed by atoms with Crippen molar-refractivity contribution in [3.63, 3.8) is 0 Å². The van der Waals surface area contributed by atoms with E-state index >= 15 is 0 Å². The predicted molar refractivity (Wildman–Crippen MR) is 114 cm³/mol. The van der Waals surface area contributed by atoms with Gasteiger partial charge in [0.05, 0.1) is 10.5 Å². The molecule has 1 N–H and O–H groups in total. The van der Waals surface area contributed by atoms with E-state index in [9.17, 15) is 26.4 Å². The Morgan fingerprint density at radius 2 is 1.72 bits per heavy atom. The number of amides is 1. The van der Waals surface area contributed by atoms with E-state index in [0.717, 1.165) is 6.07 Å². The summed E-state index contributed by atoms with van der Waals surface area (Å²) in [5, 5.41) is 2.67. The van der Waals surface area contributed by atoms with E-state index in [-0.39, 0.29) is 10.5 Å². The summed E-state index contributed by atoms with van der Waals surface area (Å²) in [6.45, 7) is 2.05. The summed E-state index contributed by atoms with van der Waals surface area (Å²) < 4.78 is 67.1. The van der Waals surface area contributed by atoms with Gasteiger partial charge in [-0.15, -0.1) is 0 Å². The van der Waals surface area contributed by atoms with Crippen LogP contribution in [0.5, 0.6) is 0 Å². The summed E-state index contributed by atoms with van der Waals surface area (Å²) in [5.41, 5.74) is -0.299. The zero-order valence-electron chi connectivity index (χ0n) is 17.5. The number of halogens is 3. The van der Waals surface area contributed by atoms with Gasteiger partial charge >= 0.3 is 6.18 Å². The fourth-order valence-corrected chi connectivity index (χ4v) is 5.52. The number of sulfonamides is 1. The highest BCUT2D eigenvalue weighted by Gasteiger charge is 2.47. The third kappa shape index (κ3) is 4.67. The summed E-state index contributed by atoms with van der Waals surface area (Å²) in [7, 11) is -1.76. The van der Waals surface area contributed by atoms with Crippen molar-refractivity contribution in [2.24, 2.45) is 5.92 Å². The third-order valence-corrected chi connectivity index (χ3v) is 7.89. The number of hydrogen-bond acceptors (Lipinski definition) is 4. The van der Waals surface area contributed by atoms with Gasteiger partial charge in [0.15, 0.2) is 0 Å². The Morgan fingerprint density at radius 3 is 2.41 bits per heavy atom. The predicted octanol–water partition coefficient (Wildman–Crippen LogP) is 3.38. The maximum atomic E-state index is 13.3. The molecule has 1 aliphatic heterocycles. The molecule has 2 fully saturated rings. The minimum atomic E-state index is -4.48. The lowest BCUT2D eigenvalue weighted by Crippen LogP contribution is -2.47. The normalized spacial score (nSPS) is 22.5. The van der Waals surface area contributed by atoms with Crippen LogP contribution < -0.4 is 5.32 Å². The molecular formula is C22H24F3N3O3S. The second kappa shape index (κ2) is 8.49. The number of carbonyl (C=O) groups excluding carboxylic acids is 1. The van der Waals surface area contributed by atoms with Crippen molar-refractivity contribution in [1.82, 2.24) is 9.21 Å². The molecule has 1 saturated carbocycles. The highest BCUT2D eigenvalue weighted by atomic mass is 32.2. The van der Waals surface area contributed by atoms with Crippen molar-refractivity contribution in [3.8, 4) is 0 Å². The lowest BCUT2D eigenvalue weighted by atomic mass is 10.0. The van der Waals surface area contributed by atoms with E-state index in [2.05, 4.69) is 5.32 Å². The number of hydrogen-bond donors (Lipinski definition) is 1. The van der Waals surface area contributed by atoms with Crippen LogP contribution >= 0.6 is 0 Å². The minimum Gasteiger partial charge on any atom is -0.326 e. The van der Waals surface area contributed by atoms with E-state index in [1.165, 1.54) is 34.6 Å². The first-order chi connectivity index (χ1) is 15.1. The number of nitrogens with zero attached hydrogens (tertiary/aromatic N) is 2. The number of anilines is 1.